The van der Waals surface area contributed by atoms with Crippen LogP contribution in [-0.2, 0) is 0 Å². The molecule has 0 heterocycles. The first-order valence-corrected chi connectivity index (χ1v) is 16.2. The van der Waals surface area contributed by atoms with Crippen molar-refractivity contribution in [2.24, 2.45) is 0 Å². The fourth-order valence-corrected chi connectivity index (χ4v) is 6.91. The van der Waals surface area contributed by atoms with Crippen LogP contribution in [0, 0.1) is 0 Å². The maximum atomic E-state index is 2.50. The molecule has 3 aromatic carbocycles. The molecule has 0 nitrogen and oxygen atoms in total. The van der Waals surface area contributed by atoms with Crippen LogP contribution in [0.1, 0.15) is 152 Å². The van der Waals surface area contributed by atoms with Crippen molar-refractivity contribution in [3.05, 3.63) is 75.8 Å². The van der Waals surface area contributed by atoms with E-state index in [1.807, 2.05) is 0 Å². The Bertz CT molecular complexity index is 1090. The van der Waals surface area contributed by atoms with Gasteiger partial charge in [-0.15, -0.1) is 0 Å². The molecule has 3 rings (SSSR count). The third-order valence-corrected chi connectivity index (χ3v) is 9.68. The van der Waals surface area contributed by atoms with Crippen molar-refractivity contribution >= 4 is 27.7 Å². The molecule has 0 atom stereocenters. The summed E-state index contributed by atoms with van der Waals surface area (Å²) >= 11 is 1.10. The van der Waals surface area contributed by atoms with Gasteiger partial charge in [0.25, 0.3) is 0 Å². The molecule has 0 amide bonds. The number of benzene rings is 3. The second kappa shape index (κ2) is 12.1. The Kier molecular flexibility index (Phi) is 9.88. The minimum atomic E-state index is 0.484. The van der Waals surface area contributed by atoms with E-state index in [2.05, 4.69) is 126 Å². The molecule has 3 aromatic rings. The van der Waals surface area contributed by atoms with Crippen LogP contribution in [0.3, 0.4) is 0 Å². The second-order valence-electron chi connectivity index (χ2n) is 12.8. The Hall–Kier alpha value is -1.47. The van der Waals surface area contributed by atoms with E-state index >= 15 is 0 Å². The van der Waals surface area contributed by atoms with Gasteiger partial charge in [0.2, 0.25) is 0 Å². The Balaban J connectivity index is 2.44. The van der Waals surface area contributed by atoms with Gasteiger partial charge in [0.1, 0.15) is 0 Å². The fourth-order valence-electron chi connectivity index (χ4n) is 5.53. The Morgan fingerprint density at radius 1 is 0.432 bits per heavy atom. The van der Waals surface area contributed by atoms with Crippen molar-refractivity contribution in [1.82, 2.24) is 0 Å². The van der Waals surface area contributed by atoms with Crippen LogP contribution in [0.15, 0.2) is 42.5 Å². The van der Waals surface area contributed by atoms with Gasteiger partial charge in [-0.25, -0.2) is 0 Å². The van der Waals surface area contributed by atoms with Crippen LogP contribution in [0.5, 0.6) is 0 Å². The summed E-state index contributed by atoms with van der Waals surface area (Å²) in [6.45, 7) is 28.2. The molecule has 1 heteroatoms. The number of rotatable bonds is 8. The van der Waals surface area contributed by atoms with Crippen LogP contribution < -0.4 is 3.32 Å². The molecule has 0 aliphatic heterocycles. The summed E-state index contributed by atoms with van der Waals surface area (Å²) in [7, 11) is 0. The van der Waals surface area contributed by atoms with Gasteiger partial charge in [0.15, 0.2) is 0 Å². The van der Waals surface area contributed by atoms with Gasteiger partial charge in [0, 0.05) is 0 Å². The predicted octanol–water partition coefficient (Wildman–Crippen LogP) is 10.6. The quantitative estimate of drug-likeness (QED) is 0.243. The molecule has 0 aliphatic carbocycles. The summed E-state index contributed by atoms with van der Waals surface area (Å²) < 4.78 is 1.54. The predicted molar refractivity (Wildman–Crippen MR) is 167 cm³/mol. The summed E-state index contributed by atoms with van der Waals surface area (Å²) in [5.74, 6) is 3.00. The monoisotopic (exact) mass is 596 g/mol. The molecular weight excluding hydrogens is 547 g/mol. The molecule has 0 saturated carbocycles. The van der Waals surface area contributed by atoms with Crippen molar-refractivity contribution < 1.29 is 0 Å². The zero-order chi connectivity index (χ0) is 27.8. The van der Waals surface area contributed by atoms with E-state index in [4.69, 9.17) is 0 Å². The van der Waals surface area contributed by atoms with E-state index in [0.717, 1.165) is 24.4 Å². The maximum absolute atomic E-state index is 2.50. The normalized spacial score (nSPS) is 12.3. The van der Waals surface area contributed by atoms with Crippen LogP contribution in [0.25, 0.3) is 22.3 Å². The van der Waals surface area contributed by atoms with E-state index in [9.17, 15) is 0 Å². The topological polar surface area (TPSA) is 0 Å². The van der Waals surface area contributed by atoms with Gasteiger partial charge in [-0.2, -0.15) is 0 Å². The molecule has 196 valence electrons. The molecule has 0 spiro atoms. The molecule has 37 heavy (non-hydrogen) atoms. The third kappa shape index (κ3) is 6.24. The van der Waals surface area contributed by atoms with Crippen molar-refractivity contribution in [3.8, 4) is 22.3 Å². The first-order chi connectivity index (χ1) is 17.3. The van der Waals surface area contributed by atoms with Crippen LogP contribution in [0.2, 0.25) is 0 Å². The van der Waals surface area contributed by atoms with E-state index in [0.29, 0.717) is 35.5 Å². The third-order valence-electron chi connectivity index (χ3n) is 7.91. The van der Waals surface area contributed by atoms with E-state index in [-0.39, 0.29) is 0 Å². The van der Waals surface area contributed by atoms with Gasteiger partial charge >= 0.3 is 244 Å². The van der Waals surface area contributed by atoms with Gasteiger partial charge in [-0.1, -0.05) is 0 Å². The fraction of sp³-hybridized carbons (Fsp3) is 0.500. The molecule has 2 radical (unpaired) electrons. The van der Waals surface area contributed by atoms with Crippen LogP contribution in [-0.4, -0.2) is 24.4 Å². The van der Waals surface area contributed by atoms with Gasteiger partial charge in [-0.3, -0.25) is 0 Å². The van der Waals surface area contributed by atoms with Crippen molar-refractivity contribution in [2.45, 2.75) is 119 Å². The van der Waals surface area contributed by atoms with Gasteiger partial charge < -0.3 is 0 Å². The van der Waals surface area contributed by atoms with Gasteiger partial charge in [0.05, 0.1) is 0 Å². The van der Waals surface area contributed by atoms with Crippen LogP contribution >= 0.6 is 0 Å². The van der Waals surface area contributed by atoms with E-state index < -0.39 is 0 Å². The van der Waals surface area contributed by atoms with Crippen molar-refractivity contribution in [2.75, 3.05) is 0 Å². The zero-order valence-electron chi connectivity index (χ0n) is 25.6. The minimum absolute atomic E-state index is 0.484. The van der Waals surface area contributed by atoms with Gasteiger partial charge in [-0.05, 0) is 0 Å². The molecule has 0 bridgehead atoms. The summed E-state index contributed by atoms with van der Waals surface area (Å²) in [5, 5.41) is 0. The number of hydrogen-bond acceptors (Lipinski definition) is 0. The Morgan fingerprint density at radius 3 is 0.919 bits per heavy atom. The molecule has 0 fully saturated rings. The first-order valence-electron chi connectivity index (χ1n) is 14.5. The average molecular weight is 597 g/mol. The zero-order valence-corrected chi connectivity index (χ0v) is 28.9. The standard InChI is InChI=1S/C36H49.In/c1-21(2)29-17-31(23(5)6)35(32(18-29)24(7)8)27-14-13-15-28(16-27)36-33(25(9)10)19-30(22(3)4)20-34(36)26(11)12;/h13-15,17-26H,1-12H3;. The van der Waals surface area contributed by atoms with Crippen molar-refractivity contribution in [3.63, 3.8) is 0 Å². The summed E-state index contributed by atoms with van der Waals surface area (Å²) in [6, 6.07) is 17.1. The van der Waals surface area contributed by atoms with Crippen molar-refractivity contribution in [1.29, 1.82) is 0 Å². The van der Waals surface area contributed by atoms with Crippen LogP contribution in [0.4, 0.5) is 0 Å². The SMILES string of the molecule is CC(C)c1cc(C(C)C)c(-c2cccc(-c3c(C(C)C)cc(C(C)C)cc3C(C)C)[c]2[In])c(C(C)C)c1. The van der Waals surface area contributed by atoms with E-state index in [1.54, 1.807) is 0 Å². The molecule has 0 unspecified atom stereocenters. The first kappa shape index (κ1) is 30.1. The van der Waals surface area contributed by atoms with E-state index in [1.165, 1.54) is 59.0 Å². The molecule has 0 saturated heterocycles. The number of hydrogen-bond donors (Lipinski definition) is 0. The summed E-state index contributed by atoms with van der Waals surface area (Å²) in [4.78, 5) is 0. The molecule has 0 aromatic heterocycles. The second-order valence-corrected chi connectivity index (χ2v) is 14.5. The Labute approximate surface area is 243 Å². The summed E-state index contributed by atoms with van der Waals surface area (Å²) in [6.07, 6.45) is 0. The summed E-state index contributed by atoms with van der Waals surface area (Å²) in [5.41, 5.74) is 14.9. The molecule has 0 N–H and O–H groups in total. The Morgan fingerprint density at radius 2 is 0.703 bits per heavy atom. The average Bonchev–Trinajstić information content (AvgIpc) is 2.82. The molecular formula is C36H49In. The molecule has 0 aliphatic rings.